The predicted molar refractivity (Wildman–Crippen MR) is 44.8 cm³/mol. The van der Waals surface area contributed by atoms with E-state index >= 15 is 0 Å². The molecule has 0 unspecified atom stereocenters. The van der Waals surface area contributed by atoms with E-state index in [-0.39, 0.29) is 16.8 Å². The smallest absolute Gasteiger partial charge is 0.337 e. The van der Waals surface area contributed by atoms with Crippen molar-refractivity contribution in [3.8, 4) is 5.75 Å². The third-order valence-corrected chi connectivity index (χ3v) is 1.44. The lowest BCUT2D eigenvalue weighted by molar-refractivity contribution is 0.0602. The molecule has 0 aromatic heterocycles. The van der Waals surface area contributed by atoms with Gasteiger partial charge >= 0.3 is 5.97 Å². The Hall–Kier alpha value is -1.45. The number of rotatable bonds is 1. The lowest BCUT2D eigenvalue weighted by Crippen LogP contribution is -2.16. The maximum absolute atomic E-state index is 11.0. The first kappa shape index (κ1) is 8.65. The van der Waals surface area contributed by atoms with Crippen LogP contribution in [0.25, 0.3) is 0 Å². The van der Waals surface area contributed by atoms with Crippen molar-refractivity contribution in [2.75, 3.05) is 7.11 Å². The Labute approximate surface area is 71.4 Å². The molecule has 0 aliphatic rings. The molecule has 1 rings (SSSR count). The molecule has 3 nitrogen and oxygen atoms in total. The largest absolute Gasteiger partial charge is 0.508 e. The Morgan fingerprint density at radius 3 is 2.75 bits per heavy atom. The highest BCUT2D eigenvalue weighted by atomic mass is 16.5. The summed E-state index contributed by atoms with van der Waals surface area (Å²) in [5.41, 5.74) is 0.470. The number of hydrogen-bond acceptors (Lipinski definition) is 3. The van der Waals surface area contributed by atoms with E-state index in [4.69, 9.17) is 13.0 Å². The van der Waals surface area contributed by atoms with Crippen LogP contribution in [0.15, 0.2) is 18.2 Å². The van der Waals surface area contributed by atoms with Crippen LogP contribution in [0.1, 0.15) is 10.4 Å². The van der Waals surface area contributed by atoms with Gasteiger partial charge in [-0.25, -0.2) is 4.79 Å². The number of hydrogen-bond donors (Lipinski definition) is 1. The van der Waals surface area contributed by atoms with Gasteiger partial charge in [-0.2, -0.15) is 0 Å². The van der Waals surface area contributed by atoms with Crippen LogP contribution in [-0.4, -0.2) is 26.0 Å². The topological polar surface area (TPSA) is 46.5 Å². The van der Waals surface area contributed by atoms with Crippen molar-refractivity contribution in [1.82, 2.24) is 0 Å². The van der Waals surface area contributed by atoms with E-state index in [1.807, 2.05) is 0 Å². The maximum atomic E-state index is 11.0. The number of phenolic OH excluding ortho intramolecular Hbond substituents is 1. The van der Waals surface area contributed by atoms with Crippen molar-refractivity contribution in [2.45, 2.75) is 0 Å². The Bertz CT molecular complexity index is 309. The molecule has 0 atom stereocenters. The summed E-state index contributed by atoms with van der Waals surface area (Å²) < 4.78 is 4.46. The van der Waals surface area contributed by atoms with E-state index in [9.17, 15) is 4.79 Å². The summed E-state index contributed by atoms with van der Waals surface area (Å²) >= 11 is 0. The van der Waals surface area contributed by atoms with Gasteiger partial charge in [0.15, 0.2) is 0 Å². The zero-order valence-corrected chi connectivity index (χ0v) is 6.57. The first-order valence-electron chi connectivity index (χ1n) is 3.32. The number of esters is 1. The second kappa shape index (κ2) is 3.30. The second-order valence-electron chi connectivity index (χ2n) is 2.26. The van der Waals surface area contributed by atoms with Crippen LogP contribution in [0.3, 0.4) is 0 Å². The van der Waals surface area contributed by atoms with Crippen molar-refractivity contribution in [3.05, 3.63) is 23.8 Å². The molecule has 2 radical (unpaired) electrons. The second-order valence-corrected chi connectivity index (χ2v) is 2.26. The average molecular weight is 162 g/mol. The minimum Gasteiger partial charge on any atom is -0.508 e. The number of ether oxygens (including phenoxy) is 1. The molecule has 0 saturated carbocycles. The first-order valence-corrected chi connectivity index (χ1v) is 3.32. The summed E-state index contributed by atoms with van der Waals surface area (Å²) in [6, 6.07) is 4.09. The fourth-order valence-corrected chi connectivity index (χ4v) is 0.846. The van der Waals surface area contributed by atoms with Crippen LogP contribution in [0, 0.1) is 0 Å². The minimum absolute atomic E-state index is 0.0279. The lowest BCUT2D eigenvalue weighted by atomic mass is 9.90. The summed E-state index contributed by atoms with van der Waals surface area (Å²) in [7, 11) is 6.71. The van der Waals surface area contributed by atoms with Gasteiger partial charge in [-0.3, -0.25) is 0 Å². The third kappa shape index (κ3) is 1.58. The van der Waals surface area contributed by atoms with E-state index in [1.165, 1.54) is 25.3 Å². The molecule has 0 saturated heterocycles. The molecule has 0 heterocycles. The SMILES string of the molecule is [B]c1cc(O)ccc1C(=O)OC. The van der Waals surface area contributed by atoms with E-state index in [0.717, 1.165) is 0 Å². The fraction of sp³-hybridized carbons (Fsp3) is 0.125. The van der Waals surface area contributed by atoms with Crippen molar-refractivity contribution in [1.29, 1.82) is 0 Å². The van der Waals surface area contributed by atoms with Crippen LogP contribution in [-0.2, 0) is 4.74 Å². The summed E-state index contributed by atoms with van der Waals surface area (Å²) in [4.78, 5) is 11.0. The monoisotopic (exact) mass is 162 g/mol. The molecular formula is C8H7BO3. The van der Waals surface area contributed by atoms with Gasteiger partial charge in [-0.05, 0) is 18.2 Å². The normalized spacial score (nSPS) is 9.42. The van der Waals surface area contributed by atoms with Crippen molar-refractivity contribution >= 4 is 19.3 Å². The number of carbonyl (C=O) groups is 1. The molecule has 0 bridgehead atoms. The molecule has 4 heteroatoms. The fourth-order valence-electron chi connectivity index (χ4n) is 0.846. The third-order valence-electron chi connectivity index (χ3n) is 1.44. The minimum atomic E-state index is -0.507. The highest BCUT2D eigenvalue weighted by Crippen LogP contribution is 2.07. The van der Waals surface area contributed by atoms with Crippen LogP contribution < -0.4 is 5.46 Å². The molecular weight excluding hydrogens is 155 g/mol. The highest BCUT2D eigenvalue weighted by Gasteiger charge is 2.07. The Morgan fingerprint density at radius 1 is 1.58 bits per heavy atom. The van der Waals surface area contributed by atoms with Crippen LogP contribution >= 0.6 is 0 Å². The van der Waals surface area contributed by atoms with Crippen LogP contribution in [0.2, 0.25) is 0 Å². The maximum Gasteiger partial charge on any atom is 0.337 e. The standard InChI is InChI=1S/C8H7BO3/c1-12-8(11)6-3-2-5(10)4-7(6)9/h2-4,10H,1H3. The van der Waals surface area contributed by atoms with Crippen molar-refractivity contribution < 1.29 is 14.6 Å². The number of aromatic hydroxyl groups is 1. The predicted octanol–water partition coefficient (Wildman–Crippen LogP) is -0.0274. The zero-order valence-electron chi connectivity index (χ0n) is 6.57. The van der Waals surface area contributed by atoms with Crippen LogP contribution in [0.4, 0.5) is 0 Å². The summed E-state index contributed by atoms with van der Waals surface area (Å²) in [5, 5.41) is 8.96. The first-order chi connectivity index (χ1) is 5.65. The number of phenols is 1. The molecule has 1 aromatic rings. The van der Waals surface area contributed by atoms with E-state index < -0.39 is 5.97 Å². The number of carbonyl (C=O) groups excluding carboxylic acids is 1. The zero-order chi connectivity index (χ0) is 9.14. The molecule has 12 heavy (non-hydrogen) atoms. The molecule has 0 fully saturated rings. The quantitative estimate of drug-likeness (QED) is 0.465. The molecule has 0 amide bonds. The lowest BCUT2D eigenvalue weighted by Gasteiger charge is -2.03. The van der Waals surface area contributed by atoms with E-state index in [0.29, 0.717) is 0 Å². The Balaban J connectivity index is 3.09. The molecule has 0 spiro atoms. The molecule has 0 aliphatic carbocycles. The van der Waals surface area contributed by atoms with Gasteiger partial charge in [-0.15, -0.1) is 0 Å². The van der Waals surface area contributed by atoms with Gasteiger partial charge in [0, 0.05) is 0 Å². The molecule has 0 aliphatic heterocycles. The van der Waals surface area contributed by atoms with Crippen molar-refractivity contribution in [3.63, 3.8) is 0 Å². The van der Waals surface area contributed by atoms with Gasteiger partial charge in [0.2, 0.25) is 0 Å². The van der Waals surface area contributed by atoms with Gasteiger partial charge in [0.1, 0.15) is 13.6 Å². The van der Waals surface area contributed by atoms with Gasteiger partial charge in [0.05, 0.1) is 12.7 Å². The van der Waals surface area contributed by atoms with E-state index in [1.54, 1.807) is 0 Å². The van der Waals surface area contributed by atoms with Gasteiger partial charge in [-0.1, -0.05) is 5.46 Å². The molecule has 1 aromatic carbocycles. The van der Waals surface area contributed by atoms with Gasteiger partial charge in [0.25, 0.3) is 0 Å². The van der Waals surface area contributed by atoms with Crippen molar-refractivity contribution in [2.24, 2.45) is 0 Å². The highest BCUT2D eigenvalue weighted by molar-refractivity contribution is 6.36. The van der Waals surface area contributed by atoms with Gasteiger partial charge < -0.3 is 9.84 Å². The number of methoxy groups -OCH3 is 1. The average Bonchev–Trinajstić information content (AvgIpc) is 2.03. The molecule has 60 valence electrons. The summed E-state index contributed by atoms with van der Waals surface area (Å²) in [6.07, 6.45) is 0. The molecule has 1 N–H and O–H groups in total. The summed E-state index contributed by atoms with van der Waals surface area (Å²) in [6.45, 7) is 0. The number of benzene rings is 1. The van der Waals surface area contributed by atoms with E-state index in [2.05, 4.69) is 4.74 Å². The Morgan fingerprint density at radius 2 is 2.25 bits per heavy atom. The summed E-state index contributed by atoms with van der Waals surface area (Å²) in [5.74, 6) is -0.479. The van der Waals surface area contributed by atoms with Crippen LogP contribution in [0.5, 0.6) is 5.75 Å². The Kier molecular flexibility index (Phi) is 2.38.